The largest absolute Gasteiger partial charge is 0.480 e. The van der Waals surface area contributed by atoms with Crippen molar-refractivity contribution >= 4 is 17.6 Å². The van der Waals surface area contributed by atoms with Crippen LogP contribution in [0.15, 0.2) is 22.3 Å². The van der Waals surface area contributed by atoms with Gasteiger partial charge in [-0.05, 0) is 77.6 Å². The van der Waals surface area contributed by atoms with Crippen molar-refractivity contribution in [3.05, 3.63) is 22.3 Å². The third kappa shape index (κ3) is 4.01. The molecule has 2 heterocycles. The molecule has 142 valence electrons. The summed E-state index contributed by atoms with van der Waals surface area (Å²) in [5, 5.41) is 13.6. The second kappa shape index (κ2) is 7.76. The fourth-order valence-corrected chi connectivity index (χ4v) is 4.52. The second-order valence-corrected chi connectivity index (χ2v) is 8.68. The summed E-state index contributed by atoms with van der Waals surface area (Å²) in [5.41, 5.74) is 1.27. The molecule has 3 aliphatic rings. The third-order valence-corrected chi connectivity index (χ3v) is 6.40. The van der Waals surface area contributed by atoms with Gasteiger partial charge in [0.1, 0.15) is 5.41 Å². The average Bonchev–Trinajstić information content (AvgIpc) is 2.96. The summed E-state index contributed by atoms with van der Waals surface area (Å²) in [6, 6.07) is 0. The van der Waals surface area contributed by atoms with E-state index in [4.69, 9.17) is 11.6 Å². The molecule has 0 aromatic carbocycles. The summed E-state index contributed by atoms with van der Waals surface area (Å²) in [7, 11) is 0. The SMILES string of the molecule is CC(C)(C#CC1=C(Cl)CCC=C1CN1CCCC12CCNCC2)C(=O)O. The summed E-state index contributed by atoms with van der Waals surface area (Å²) in [5.74, 6) is 5.13. The Kier molecular flexibility index (Phi) is 5.81. The second-order valence-electron chi connectivity index (χ2n) is 8.23. The Hall–Kier alpha value is -1.28. The predicted molar refractivity (Wildman–Crippen MR) is 105 cm³/mol. The van der Waals surface area contributed by atoms with Crippen molar-refractivity contribution < 1.29 is 9.90 Å². The average molecular weight is 377 g/mol. The van der Waals surface area contributed by atoms with Crippen LogP contribution in [-0.4, -0.2) is 47.7 Å². The quantitative estimate of drug-likeness (QED) is 0.740. The molecule has 0 atom stereocenters. The lowest BCUT2D eigenvalue weighted by Gasteiger charge is -2.42. The highest BCUT2D eigenvalue weighted by molar-refractivity contribution is 6.30. The van der Waals surface area contributed by atoms with Crippen molar-refractivity contribution in [3.8, 4) is 11.8 Å². The number of allylic oxidation sites excluding steroid dienone is 2. The number of halogens is 1. The molecular weight excluding hydrogens is 348 g/mol. The van der Waals surface area contributed by atoms with E-state index in [0.29, 0.717) is 5.54 Å². The standard InChI is InChI=1S/C21H29ClN2O2/c1-20(2,19(25)26)9-7-17-16(5-3-6-18(17)22)15-24-14-4-8-21(24)10-12-23-13-11-21/h5,23H,3-4,6,8,10-15H2,1-2H3,(H,25,26). The predicted octanol–water partition coefficient (Wildman–Crippen LogP) is 3.53. The topological polar surface area (TPSA) is 52.6 Å². The lowest BCUT2D eigenvalue weighted by atomic mass is 9.85. The van der Waals surface area contributed by atoms with E-state index < -0.39 is 11.4 Å². The van der Waals surface area contributed by atoms with Crippen LogP contribution in [0.25, 0.3) is 0 Å². The Morgan fingerprint density at radius 3 is 2.81 bits per heavy atom. The van der Waals surface area contributed by atoms with Crippen molar-refractivity contribution in [2.75, 3.05) is 26.2 Å². The molecule has 2 fully saturated rings. The lowest BCUT2D eigenvalue weighted by Crippen LogP contribution is -2.51. The third-order valence-electron chi connectivity index (χ3n) is 6.02. The monoisotopic (exact) mass is 376 g/mol. The number of nitrogens with one attached hydrogen (secondary N) is 1. The van der Waals surface area contributed by atoms with Crippen LogP contribution in [0.5, 0.6) is 0 Å². The van der Waals surface area contributed by atoms with Gasteiger partial charge in [-0.2, -0.15) is 0 Å². The fraction of sp³-hybridized carbons (Fsp3) is 0.667. The molecule has 1 spiro atoms. The summed E-state index contributed by atoms with van der Waals surface area (Å²) < 4.78 is 0. The van der Waals surface area contributed by atoms with Crippen LogP contribution in [0.2, 0.25) is 0 Å². The Morgan fingerprint density at radius 2 is 2.12 bits per heavy atom. The fourth-order valence-electron chi connectivity index (χ4n) is 4.24. The molecule has 2 saturated heterocycles. The van der Waals surface area contributed by atoms with Crippen molar-refractivity contribution in [2.45, 2.75) is 57.9 Å². The van der Waals surface area contributed by atoms with E-state index >= 15 is 0 Å². The number of rotatable bonds is 3. The van der Waals surface area contributed by atoms with Gasteiger partial charge >= 0.3 is 5.97 Å². The van der Waals surface area contributed by atoms with E-state index in [-0.39, 0.29) is 0 Å². The molecular formula is C21H29ClN2O2. The molecule has 0 bridgehead atoms. The molecule has 0 unspecified atom stereocenters. The molecule has 5 heteroatoms. The maximum absolute atomic E-state index is 11.4. The van der Waals surface area contributed by atoms with Crippen molar-refractivity contribution in [2.24, 2.45) is 5.41 Å². The van der Waals surface area contributed by atoms with Crippen LogP contribution in [0.3, 0.4) is 0 Å². The van der Waals surface area contributed by atoms with Gasteiger partial charge in [0.2, 0.25) is 0 Å². The number of likely N-dealkylation sites (tertiary alicyclic amines) is 1. The van der Waals surface area contributed by atoms with E-state index in [1.165, 1.54) is 31.3 Å². The Labute approximate surface area is 161 Å². The van der Waals surface area contributed by atoms with Gasteiger partial charge in [0.15, 0.2) is 0 Å². The first-order valence-corrected chi connectivity index (χ1v) is 10.0. The van der Waals surface area contributed by atoms with Crippen molar-refractivity contribution in [1.82, 2.24) is 10.2 Å². The minimum Gasteiger partial charge on any atom is -0.480 e. The maximum Gasteiger partial charge on any atom is 0.321 e. The molecule has 1 aliphatic carbocycles. The summed E-state index contributed by atoms with van der Waals surface area (Å²) in [6.45, 7) is 7.43. The number of nitrogens with zero attached hydrogens (tertiary/aromatic N) is 1. The Bertz CT molecular complexity index is 691. The van der Waals surface area contributed by atoms with Crippen molar-refractivity contribution in [1.29, 1.82) is 0 Å². The molecule has 0 saturated carbocycles. The van der Waals surface area contributed by atoms with E-state index in [9.17, 15) is 9.90 Å². The zero-order chi connectivity index (χ0) is 18.8. The van der Waals surface area contributed by atoms with Gasteiger partial charge in [0.05, 0.1) is 0 Å². The molecule has 26 heavy (non-hydrogen) atoms. The number of carboxylic acid groups (broad SMARTS) is 1. The number of aliphatic carboxylic acids is 1. The van der Waals surface area contributed by atoms with Gasteiger partial charge in [-0.1, -0.05) is 29.5 Å². The first-order valence-electron chi connectivity index (χ1n) is 9.64. The van der Waals surface area contributed by atoms with Crippen LogP contribution < -0.4 is 5.32 Å². The molecule has 4 nitrogen and oxygen atoms in total. The summed E-state index contributed by atoms with van der Waals surface area (Å²) in [6.07, 6.45) is 8.89. The highest BCUT2D eigenvalue weighted by Gasteiger charge is 2.41. The highest BCUT2D eigenvalue weighted by Crippen LogP contribution is 2.39. The highest BCUT2D eigenvalue weighted by atomic mass is 35.5. The van der Waals surface area contributed by atoms with E-state index in [0.717, 1.165) is 49.6 Å². The van der Waals surface area contributed by atoms with Crippen LogP contribution in [0.4, 0.5) is 0 Å². The van der Waals surface area contributed by atoms with E-state index in [2.05, 4.69) is 28.1 Å². The molecule has 2 aliphatic heterocycles. The zero-order valence-electron chi connectivity index (χ0n) is 15.8. The number of piperidine rings is 1. The van der Waals surface area contributed by atoms with Gasteiger partial charge in [-0.3, -0.25) is 9.69 Å². The van der Waals surface area contributed by atoms with E-state index in [1.807, 2.05) is 0 Å². The van der Waals surface area contributed by atoms with Gasteiger partial charge in [-0.15, -0.1) is 0 Å². The maximum atomic E-state index is 11.4. The number of carboxylic acids is 1. The summed E-state index contributed by atoms with van der Waals surface area (Å²) >= 11 is 6.51. The molecule has 3 rings (SSSR count). The molecule has 0 radical (unpaired) electrons. The molecule has 0 aromatic rings. The summed E-state index contributed by atoms with van der Waals surface area (Å²) in [4.78, 5) is 14.0. The van der Waals surface area contributed by atoms with Gasteiger partial charge < -0.3 is 10.4 Å². The Balaban J connectivity index is 1.81. The normalized spacial score (nSPS) is 23.6. The smallest absolute Gasteiger partial charge is 0.321 e. The van der Waals surface area contributed by atoms with Crippen LogP contribution in [0.1, 0.15) is 52.4 Å². The Morgan fingerprint density at radius 1 is 1.38 bits per heavy atom. The molecule has 0 amide bonds. The van der Waals surface area contributed by atoms with Crippen LogP contribution in [-0.2, 0) is 4.79 Å². The zero-order valence-corrected chi connectivity index (χ0v) is 16.6. The van der Waals surface area contributed by atoms with Crippen molar-refractivity contribution in [3.63, 3.8) is 0 Å². The molecule has 0 aromatic heterocycles. The van der Waals surface area contributed by atoms with Crippen LogP contribution in [0, 0.1) is 17.3 Å². The van der Waals surface area contributed by atoms with Gasteiger partial charge in [-0.25, -0.2) is 0 Å². The minimum atomic E-state index is -1.07. The minimum absolute atomic E-state index is 0.314. The number of hydrogen-bond acceptors (Lipinski definition) is 3. The van der Waals surface area contributed by atoms with E-state index in [1.54, 1.807) is 13.8 Å². The number of hydrogen-bond donors (Lipinski definition) is 2. The van der Waals surface area contributed by atoms with Crippen LogP contribution >= 0.6 is 11.6 Å². The lowest BCUT2D eigenvalue weighted by molar-refractivity contribution is -0.143. The number of carbonyl (C=O) groups is 1. The first kappa shape index (κ1) is 19.5. The van der Waals surface area contributed by atoms with Gasteiger partial charge in [0.25, 0.3) is 0 Å². The van der Waals surface area contributed by atoms with Gasteiger partial charge in [0, 0.05) is 22.7 Å². The molecule has 2 N–H and O–H groups in total. The first-order chi connectivity index (χ1) is 12.3.